The SMILES string of the molecule is CCCNC(C)CCCOc1ccccc1C(F)(F)F. The summed E-state index contributed by atoms with van der Waals surface area (Å²) in [5, 5.41) is 3.33. The van der Waals surface area contributed by atoms with Crippen molar-refractivity contribution in [3.63, 3.8) is 0 Å². The number of ether oxygens (including phenoxy) is 1. The summed E-state index contributed by atoms with van der Waals surface area (Å²) in [5.74, 6) is -0.0887. The zero-order valence-electron chi connectivity index (χ0n) is 12.0. The third-order valence-electron chi connectivity index (χ3n) is 2.97. The highest BCUT2D eigenvalue weighted by molar-refractivity contribution is 5.35. The lowest BCUT2D eigenvalue weighted by atomic mass is 10.2. The fourth-order valence-corrected chi connectivity index (χ4v) is 1.89. The molecule has 1 unspecified atom stereocenters. The van der Waals surface area contributed by atoms with Crippen molar-refractivity contribution in [1.82, 2.24) is 5.32 Å². The summed E-state index contributed by atoms with van der Waals surface area (Å²) >= 11 is 0. The summed E-state index contributed by atoms with van der Waals surface area (Å²) in [6.45, 7) is 5.42. The molecule has 0 heterocycles. The predicted molar refractivity (Wildman–Crippen MR) is 73.9 cm³/mol. The molecule has 0 bridgehead atoms. The minimum Gasteiger partial charge on any atom is -0.493 e. The van der Waals surface area contributed by atoms with Crippen molar-refractivity contribution in [3.05, 3.63) is 29.8 Å². The molecule has 0 amide bonds. The van der Waals surface area contributed by atoms with Crippen LogP contribution in [0, 0.1) is 0 Å². The number of hydrogen-bond acceptors (Lipinski definition) is 2. The highest BCUT2D eigenvalue weighted by Gasteiger charge is 2.33. The molecule has 0 fully saturated rings. The first-order chi connectivity index (χ1) is 9.45. The van der Waals surface area contributed by atoms with Gasteiger partial charge in [-0.3, -0.25) is 0 Å². The minimum absolute atomic E-state index is 0.0887. The highest BCUT2D eigenvalue weighted by atomic mass is 19.4. The Kier molecular flexibility index (Phi) is 6.85. The predicted octanol–water partition coefficient (Wildman–Crippen LogP) is 4.25. The molecule has 1 atom stereocenters. The van der Waals surface area contributed by atoms with Gasteiger partial charge in [-0.15, -0.1) is 0 Å². The average Bonchev–Trinajstić information content (AvgIpc) is 2.40. The molecule has 1 rings (SSSR count). The Labute approximate surface area is 118 Å². The Morgan fingerprint density at radius 3 is 2.60 bits per heavy atom. The maximum absolute atomic E-state index is 12.7. The van der Waals surface area contributed by atoms with Crippen molar-refractivity contribution in [2.45, 2.75) is 45.3 Å². The maximum Gasteiger partial charge on any atom is 0.419 e. The van der Waals surface area contributed by atoms with E-state index in [2.05, 4.69) is 19.2 Å². The van der Waals surface area contributed by atoms with Gasteiger partial charge in [0, 0.05) is 6.04 Å². The van der Waals surface area contributed by atoms with Gasteiger partial charge in [-0.05, 0) is 44.9 Å². The van der Waals surface area contributed by atoms with Crippen LogP contribution in [-0.4, -0.2) is 19.2 Å². The van der Waals surface area contributed by atoms with Crippen LogP contribution in [0.5, 0.6) is 5.75 Å². The Balaban J connectivity index is 2.39. The van der Waals surface area contributed by atoms with Crippen LogP contribution in [0.15, 0.2) is 24.3 Å². The molecule has 0 spiro atoms. The lowest BCUT2D eigenvalue weighted by Crippen LogP contribution is -2.27. The molecule has 0 aliphatic rings. The maximum atomic E-state index is 12.7. The van der Waals surface area contributed by atoms with Gasteiger partial charge in [0.1, 0.15) is 5.75 Å². The second-order valence-electron chi connectivity index (χ2n) is 4.84. The van der Waals surface area contributed by atoms with E-state index >= 15 is 0 Å². The topological polar surface area (TPSA) is 21.3 Å². The normalized spacial score (nSPS) is 13.2. The number of halogens is 3. The van der Waals surface area contributed by atoms with Gasteiger partial charge in [0.2, 0.25) is 0 Å². The molecule has 1 aromatic carbocycles. The summed E-state index contributed by atoms with van der Waals surface area (Å²) in [4.78, 5) is 0. The van der Waals surface area contributed by atoms with Gasteiger partial charge in [-0.1, -0.05) is 19.1 Å². The molecule has 0 saturated heterocycles. The van der Waals surface area contributed by atoms with E-state index in [9.17, 15) is 13.2 Å². The van der Waals surface area contributed by atoms with E-state index < -0.39 is 11.7 Å². The first-order valence-corrected chi connectivity index (χ1v) is 6.97. The highest BCUT2D eigenvalue weighted by Crippen LogP contribution is 2.35. The summed E-state index contributed by atoms with van der Waals surface area (Å²) in [7, 11) is 0. The van der Waals surface area contributed by atoms with Gasteiger partial charge >= 0.3 is 6.18 Å². The van der Waals surface area contributed by atoms with Crippen molar-refractivity contribution in [3.8, 4) is 5.75 Å². The molecule has 5 heteroatoms. The Morgan fingerprint density at radius 1 is 1.25 bits per heavy atom. The molecular weight excluding hydrogens is 267 g/mol. The van der Waals surface area contributed by atoms with Crippen LogP contribution in [-0.2, 0) is 6.18 Å². The van der Waals surface area contributed by atoms with E-state index in [0.717, 1.165) is 31.9 Å². The van der Waals surface area contributed by atoms with Crippen LogP contribution in [0.4, 0.5) is 13.2 Å². The zero-order chi connectivity index (χ0) is 15.0. The van der Waals surface area contributed by atoms with E-state index in [4.69, 9.17) is 4.74 Å². The summed E-state index contributed by atoms with van der Waals surface area (Å²) in [6.07, 6.45) is -1.69. The number of hydrogen-bond donors (Lipinski definition) is 1. The quantitative estimate of drug-likeness (QED) is 0.722. The van der Waals surface area contributed by atoms with Gasteiger partial charge in [0.25, 0.3) is 0 Å². The van der Waals surface area contributed by atoms with Crippen LogP contribution in [0.25, 0.3) is 0 Å². The molecule has 0 aliphatic heterocycles. The lowest BCUT2D eigenvalue weighted by molar-refractivity contribution is -0.138. The van der Waals surface area contributed by atoms with Gasteiger partial charge in [-0.2, -0.15) is 13.2 Å². The standard InChI is InChI=1S/C15H22F3NO/c1-3-10-19-12(2)7-6-11-20-14-9-5-4-8-13(14)15(16,17)18/h4-5,8-9,12,19H,3,6-7,10-11H2,1-2H3. The van der Waals surface area contributed by atoms with Crippen molar-refractivity contribution < 1.29 is 17.9 Å². The molecule has 0 saturated carbocycles. The second-order valence-corrected chi connectivity index (χ2v) is 4.84. The van der Waals surface area contributed by atoms with Crippen LogP contribution in [0.1, 0.15) is 38.7 Å². The largest absolute Gasteiger partial charge is 0.493 e. The van der Waals surface area contributed by atoms with E-state index in [0.29, 0.717) is 12.6 Å². The molecule has 0 radical (unpaired) electrons. The van der Waals surface area contributed by atoms with E-state index in [1.54, 1.807) is 6.07 Å². The van der Waals surface area contributed by atoms with Crippen molar-refractivity contribution in [1.29, 1.82) is 0 Å². The monoisotopic (exact) mass is 289 g/mol. The van der Waals surface area contributed by atoms with Crippen LogP contribution < -0.4 is 10.1 Å². The third kappa shape index (κ3) is 5.82. The molecule has 114 valence electrons. The molecule has 20 heavy (non-hydrogen) atoms. The minimum atomic E-state index is -4.37. The number of nitrogens with one attached hydrogen (secondary N) is 1. The number of alkyl halides is 3. The first-order valence-electron chi connectivity index (χ1n) is 6.97. The van der Waals surface area contributed by atoms with Crippen LogP contribution in [0.2, 0.25) is 0 Å². The molecular formula is C15H22F3NO. The van der Waals surface area contributed by atoms with E-state index in [-0.39, 0.29) is 5.75 Å². The van der Waals surface area contributed by atoms with E-state index in [1.807, 2.05) is 0 Å². The number of para-hydroxylation sites is 1. The molecule has 2 nitrogen and oxygen atoms in total. The van der Waals surface area contributed by atoms with Crippen molar-refractivity contribution in [2.75, 3.05) is 13.2 Å². The van der Waals surface area contributed by atoms with Crippen molar-refractivity contribution in [2.24, 2.45) is 0 Å². The number of benzene rings is 1. The van der Waals surface area contributed by atoms with Gasteiger partial charge < -0.3 is 10.1 Å². The Hall–Kier alpha value is -1.23. The summed E-state index contributed by atoms with van der Waals surface area (Å²) in [6, 6.07) is 5.68. The molecule has 1 aromatic rings. The summed E-state index contributed by atoms with van der Waals surface area (Å²) < 4.78 is 43.5. The van der Waals surface area contributed by atoms with Gasteiger partial charge in [0.05, 0.1) is 12.2 Å². The summed E-state index contributed by atoms with van der Waals surface area (Å²) in [5.41, 5.74) is -0.711. The van der Waals surface area contributed by atoms with Gasteiger partial charge in [-0.25, -0.2) is 0 Å². The van der Waals surface area contributed by atoms with Crippen LogP contribution >= 0.6 is 0 Å². The van der Waals surface area contributed by atoms with E-state index in [1.165, 1.54) is 12.1 Å². The lowest BCUT2D eigenvalue weighted by Gasteiger charge is -2.15. The zero-order valence-corrected chi connectivity index (χ0v) is 12.0. The second kappa shape index (κ2) is 8.15. The smallest absolute Gasteiger partial charge is 0.419 e. The number of rotatable bonds is 8. The fraction of sp³-hybridized carbons (Fsp3) is 0.600. The van der Waals surface area contributed by atoms with Crippen molar-refractivity contribution >= 4 is 0 Å². The Bertz CT molecular complexity index is 393. The average molecular weight is 289 g/mol. The molecule has 0 aliphatic carbocycles. The van der Waals surface area contributed by atoms with Crippen LogP contribution in [0.3, 0.4) is 0 Å². The third-order valence-corrected chi connectivity index (χ3v) is 2.97. The molecule has 1 N–H and O–H groups in total. The fourth-order valence-electron chi connectivity index (χ4n) is 1.89. The molecule has 0 aromatic heterocycles. The Morgan fingerprint density at radius 2 is 1.95 bits per heavy atom. The first kappa shape index (κ1) is 16.8. The van der Waals surface area contributed by atoms with Gasteiger partial charge in [0.15, 0.2) is 0 Å².